The van der Waals surface area contributed by atoms with Crippen molar-refractivity contribution in [2.24, 2.45) is 5.73 Å². The molecule has 0 bridgehead atoms. The Bertz CT molecular complexity index is 515. The number of hydroxylamine groups is 1. The van der Waals surface area contributed by atoms with E-state index in [0.717, 1.165) is 43.4 Å². The first-order valence-electron chi connectivity index (χ1n) is 7.48. The van der Waals surface area contributed by atoms with Crippen molar-refractivity contribution in [1.29, 1.82) is 0 Å². The van der Waals surface area contributed by atoms with E-state index in [4.69, 9.17) is 10.9 Å². The van der Waals surface area contributed by atoms with Crippen molar-refractivity contribution in [3.8, 4) is 0 Å². The van der Waals surface area contributed by atoms with Crippen molar-refractivity contribution in [2.75, 3.05) is 19.0 Å². The lowest BCUT2D eigenvalue weighted by molar-refractivity contribution is -0.129. The van der Waals surface area contributed by atoms with Gasteiger partial charge in [-0.3, -0.25) is 14.8 Å². The fraction of sp³-hybridized carbons (Fsp3) is 0.500. The molecule has 1 aromatic rings. The molecule has 0 saturated carbocycles. The van der Waals surface area contributed by atoms with Crippen LogP contribution in [0.2, 0.25) is 0 Å². The number of rotatable bonds is 9. The quantitative estimate of drug-likeness (QED) is 0.368. The third kappa shape index (κ3) is 5.73. The summed E-state index contributed by atoms with van der Waals surface area (Å²) in [6.07, 6.45) is 4.66. The van der Waals surface area contributed by atoms with Crippen molar-refractivity contribution in [3.05, 3.63) is 29.3 Å². The second-order valence-corrected chi connectivity index (χ2v) is 5.55. The third-order valence-electron chi connectivity index (χ3n) is 3.60. The van der Waals surface area contributed by atoms with Crippen LogP contribution in [0.25, 0.3) is 0 Å². The van der Waals surface area contributed by atoms with Gasteiger partial charge in [0.15, 0.2) is 0 Å². The van der Waals surface area contributed by atoms with E-state index in [0.29, 0.717) is 12.0 Å². The maximum Gasteiger partial charge on any atom is 0.248 e. The van der Waals surface area contributed by atoms with Crippen LogP contribution >= 0.6 is 0 Å². The van der Waals surface area contributed by atoms with Crippen LogP contribution in [0.15, 0.2) is 18.2 Å². The van der Waals surface area contributed by atoms with Gasteiger partial charge in [-0.25, -0.2) is 5.48 Å². The number of primary amides is 1. The molecule has 0 heterocycles. The number of unbranched alkanes of at least 4 members (excludes halogenated alkanes) is 3. The zero-order chi connectivity index (χ0) is 16.5. The van der Waals surface area contributed by atoms with Crippen LogP contribution < -0.4 is 16.1 Å². The first kappa shape index (κ1) is 18.0. The van der Waals surface area contributed by atoms with Gasteiger partial charge in [0.05, 0.1) is 0 Å². The predicted octanol–water partition coefficient (Wildman–Crippen LogP) is 1.85. The number of hydrogen-bond donors (Lipinski definition) is 3. The number of amides is 2. The zero-order valence-corrected chi connectivity index (χ0v) is 13.3. The predicted molar refractivity (Wildman–Crippen MR) is 86.0 cm³/mol. The lowest BCUT2D eigenvalue weighted by Gasteiger charge is -2.15. The monoisotopic (exact) mass is 307 g/mol. The van der Waals surface area contributed by atoms with E-state index in [1.54, 1.807) is 11.5 Å². The summed E-state index contributed by atoms with van der Waals surface area (Å²) in [5, 5.41) is 8.39. The van der Waals surface area contributed by atoms with E-state index in [-0.39, 0.29) is 5.91 Å². The highest BCUT2D eigenvalue weighted by molar-refractivity contribution is 5.94. The van der Waals surface area contributed by atoms with Crippen LogP contribution in [0.4, 0.5) is 5.69 Å². The molecular formula is C16H25N3O3. The Morgan fingerprint density at radius 3 is 2.45 bits per heavy atom. The molecule has 2 amide bonds. The highest BCUT2D eigenvalue weighted by atomic mass is 16.5. The van der Waals surface area contributed by atoms with Crippen molar-refractivity contribution in [3.63, 3.8) is 0 Å². The van der Waals surface area contributed by atoms with Gasteiger partial charge in [0.2, 0.25) is 11.8 Å². The molecule has 0 unspecified atom stereocenters. The first-order chi connectivity index (χ1) is 10.5. The van der Waals surface area contributed by atoms with E-state index >= 15 is 0 Å². The number of hydrogen-bond acceptors (Lipinski definition) is 4. The van der Waals surface area contributed by atoms with E-state index in [2.05, 4.69) is 0 Å². The van der Waals surface area contributed by atoms with E-state index in [1.165, 1.54) is 0 Å². The van der Waals surface area contributed by atoms with Crippen LogP contribution in [0.5, 0.6) is 0 Å². The molecule has 1 rings (SSSR count). The minimum absolute atomic E-state index is 0.332. The SMILES string of the molecule is CN(C)c1ccc(C(N)=O)c(CCCCCCC(=O)NO)c1. The second-order valence-electron chi connectivity index (χ2n) is 5.55. The summed E-state index contributed by atoms with van der Waals surface area (Å²) in [4.78, 5) is 24.3. The van der Waals surface area contributed by atoms with Crippen molar-refractivity contribution in [2.45, 2.75) is 38.5 Å². The molecular weight excluding hydrogens is 282 g/mol. The Morgan fingerprint density at radius 2 is 1.86 bits per heavy atom. The summed E-state index contributed by atoms with van der Waals surface area (Å²) in [5.74, 6) is -0.755. The summed E-state index contributed by atoms with van der Waals surface area (Å²) in [5.41, 5.74) is 9.62. The van der Waals surface area contributed by atoms with Gasteiger partial charge in [-0.2, -0.15) is 0 Å². The van der Waals surface area contributed by atoms with Crippen LogP contribution in [-0.2, 0) is 11.2 Å². The van der Waals surface area contributed by atoms with Crippen LogP contribution in [0, 0.1) is 0 Å². The molecule has 0 radical (unpaired) electrons. The van der Waals surface area contributed by atoms with Crippen molar-refractivity contribution < 1.29 is 14.8 Å². The van der Waals surface area contributed by atoms with Gasteiger partial charge in [0, 0.05) is 31.8 Å². The van der Waals surface area contributed by atoms with Gasteiger partial charge in [-0.05, 0) is 43.0 Å². The minimum atomic E-state index is -0.403. The number of nitrogens with two attached hydrogens (primary N) is 1. The van der Waals surface area contributed by atoms with Gasteiger partial charge >= 0.3 is 0 Å². The molecule has 0 saturated heterocycles. The molecule has 4 N–H and O–H groups in total. The lowest BCUT2D eigenvalue weighted by atomic mass is 9.99. The molecule has 0 aliphatic heterocycles. The summed E-state index contributed by atoms with van der Waals surface area (Å²) >= 11 is 0. The number of carbonyl (C=O) groups is 2. The number of nitrogens with zero attached hydrogens (tertiary/aromatic N) is 1. The van der Waals surface area contributed by atoms with Gasteiger partial charge in [0.1, 0.15) is 0 Å². The maximum atomic E-state index is 11.5. The number of carbonyl (C=O) groups excluding carboxylic acids is 2. The lowest BCUT2D eigenvalue weighted by Crippen LogP contribution is -2.17. The highest BCUT2D eigenvalue weighted by Gasteiger charge is 2.09. The average molecular weight is 307 g/mol. The average Bonchev–Trinajstić information content (AvgIpc) is 2.49. The van der Waals surface area contributed by atoms with Gasteiger partial charge in [0.25, 0.3) is 0 Å². The van der Waals surface area contributed by atoms with Crippen LogP contribution in [0.1, 0.15) is 48.0 Å². The van der Waals surface area contributed by atoms with Crippen LogP contribution in [-0.4, -0.2) is 31.1 Å². The molecule has 0 spiro atoms. The summed E-state index contributed by atoms with van der Waals surface area (Å²) in [7, 11) is 3.91. The van der Waals surface area contributed by atoms with Gasteiger partial charge in [-0.15, -0.1) is 0 Å². The number of benzene rings is 1. The Hall–Kier alpha value is -2.08. The molecule has 0 aromatic heterocycles. The molecule has 1 aromatic carbocycles. The topological polar surface area (TPSA) is 95.7 Å². The van der Waals surface area contributed by atoms with E-state index < -0.39 is 5.91 Å². The molecule has 0 aliphatic rings. The molecule has 122 valence electrons. The number of aryl methyl sites for hydroxylation is 1. The van der Waals surface area contributed by atoms with Crippen LogP contribution in [0.3, 0.4) is 0 Å². The summed E-state index contributed by atoms with van der Waals surface area (Å²) in [6, 6.07) is 5.66. The van der Waals surface area contributed by atoms with E-state index in [9.17, 15) is 9.59 Å². The van der Waals surface area contributed by atoms with Crippen molar-refractivity contribution >= 4 is 17.5 Å². The molecule has 6 nitrogen and oxygen atoms in total. The fourth-order valence-corrected chi connectivity index (χ4v) is 2.32. The molecule has 22 heavy (non-hydrogen) atoms. The smallest absolute Gasteiger partial charge is 0.248 e. The Kier molecular flexibility index (Phi) is 7.39. The maximum absolute atomic E-state index is 11.5. The number of nitrogens with one attached hydrogen (secondary N) is 1. The fourth-order valence-electron chi connectivity index (χ4n) is 2.32. The third-order valence-corrected chi connectivity index (χ3v) is 3.60. The molecule has 0 aliphatic carbocycles. The summed E-state index contributed by atoms with van der Waals surface area (Å²) < 4.78 is 0. The van der Waals surface area contributed by atoms with Crippen molar-refractivity contribution in [1.82, 2.24) is 5.48 Å². The Morgan fingerprint density at radius 1 is 1.18 bits per heavy atom. The highest BCUT2D eigenvalue weighted by Crippen LogP contribution is 2.20. The second kappa shape index (κ2) is 9.04. The first-order valence-corrected chi connectivity index (χ1v) is 7.48. The standard InChI is InChI=1S/C16H25N3O3/c1-19(2)13-9-10-14(16(17)21)12(11-13)7-5-3-4-6-8-15(20)18-22/h9-11,22H,3-8H2,1-2H3,(H2,17,21)(H,18,20). The number of anilines is 1. The largest absolute Gasteiger partial charge is 0.378 e. The molecule has 0 fully saturated rings. The normalized spacial score (nSPS) is 10.3. The molecule has 6 heteroatoms. The Labute approximate surface area is 131 Å². The zero-order valence-electron chi connectivity index (χ0n) is 13.3. The van der Waals surface area contributed by atoms with Gasteiger partial charge in [-0.1, -0.05) is 12.8 Å². The Balaban J connectivity index is 2.51. The molecule has 0 atom stereocenters. The van der Waals surface area contributed by atoms with Gasteiger partial charge < -0.3 is 10.6 Å². The minimum Gasteiger partial charge on any atom is -0.378 e. The summed E-state index contributed by atoms with van der Waals surface area (Å²) in [6.45, 7) is 0. The van der Waals surface area contributed by atoms with E-state index in [1.807, 2.05) is 31.1 Å².